The Morgan fingerprint density at radius 2 is 1.75 bits per heavy atom. The van der Waals surface area contributed by atoms with Crippen molar-refractivity contribution >= 4 is 11.6 Å². The van der Waals surface area contributed by atoms with E-state index in [0.717, 1.165) is 17.0 Å². The van der Waals surface area contributed by atoms with Gasteiger partial charge in [-0.05, 0) is 67.0 Å². The van der Waals surface area contributed by atoms with Gasteiger partial charge in [0.2, 0.25) is 0 Å². The van der Waals surface area contributed by atoms with Crippen LogP contribution < -0.4 is 5.73 Å². The maximum Gasteiger partial charge on any atom is 0.0421 e. The molecule has 0 aliphatic heterocycles. The first-order valence-corrected chi connectivity index (χ1v) is 7.58. The van der Waals surface area contributed by atoms with Crippen LogP contribution in [0.15, 0.2) is 42.5 Å². The van der Waals surface area contributed by atoms with E-state index in [4.69, 9.17) is 17.3 Å². The number of rotatable bonds is 3. The van der Waals surface area contributed by atoms with Crippen LogP contribution in [0, 0.1) is 0 Å². The number of nitrogens with two attached hydrogens (primary N) is 1. The van der Waals surface area contributed by atoms with Crippen LogP contribution in [0.1, 0.15) is 35.6 Å². The van der Waals surface area contributed by atoms with Crippen LogP contribution in [0.3, 0.4) is 0 Å². The first kappa shape index (κ1) is 13.7. The van der Waals surface area contributed by atoms with Gasteiger partial charge in [0, 0.05) is 10.6 Å². The van der Waals surface area contributed by atoms with Gasteiger partial charge >= 0.3 is 0 Å². The van der Waals surface area contributed by atoms with Crippen molar-refractivity contribution in [2.75, 3.05) is 0 Å². The Hall–Kier alpha value is -1.31. The van der Waals surface area contributed by atoms with Gasteiger partial charge in [-0.15, -0.1) is 0 Å². The molecular weight excluding hydrogens is 266 g/mol. The molecule has 2 N–H and O–H groups in total. The summed E-state index contributed by atoms with van der Waals surface area (Å²) < 4.78 is 0. The van der Waals surface area contributed by atoms with Gasteiger partial charge in [0.1, 0.15) is 0 Å². The highest BCUT2D eigenvalue weighted by molar-refractivity contribution is 6.30. The van der Waals surface area contributed by atoms with E-state index in [9.17, 15) is 0 Å². The zero-order valence-electron chi connectivity index (χ0n) is 11.8. The van der Waals surface area contributed by atoms with Gasteiger partial charge in [-0.2, -0.15) is 0 Å². The van der Waals surface area contributed by atoms with Gasteiger partial charge in [0.25, 0.3) is 0 Å². The second kappa shape index (κ2) is 5.23. The first-order valence-electron chi connectivity index (χ1n) is 7.20. The molecule has 0 radical (unpaired) electrons. The van der Waals surface area contributed by atoms with Gasteiger partial charge in [0.15, 0.2) is 0 Å². The minimum atomic E-state index is -0.364. The smallest absolute Gasteiger partial charge is 0.0421 e. The second-order valence-corrected chi connectivity index (χ2v) is 6.49. The van der Waals surface area contributed by atoms with E-state index < -0.39 is 0 Å². The number of halogens is 1. The molecule has 1 atom stereocenters. The molecule has 2 aromatic carbocycles. The molecule has 20 heavy (non-hydrogen) atoms. The molecule has 1 unspecified atom stereocenters. The Morgan fingerprint density at radius 3 is 2.50 bits per heavy atom. The van der Waals surface area contributed by atoms with Crippen LogP contribution in [-0.2, 0) is 24.8 Å². The fourth-order valence-corrected chi connectivity index (χ4v) is 3.22. The second-order valence-electron chi connectivity index (χ2n) is 6.06. The monoisotopic (exact) mass is 285 g/mol. The molecule has 2 aromatic rings. The lowest BCUT2D eigenvalue weighted by atomic mass is 9.86. The van der Waals surface area contributed by atoms with Crippen molar-refractivity contribution in [2.24, 2.45) is 5.73 Å². The summed E-state index contributed by atoms with van der Waals surface area (Å²) >= 11 is 5.95. The first-order chi connectivity index (χ1) is 9.54. The SMILES string of the molecule is CC(N)(Cc1ccc2c(c1)CCC2)c1ccc(Cl)cc1. The predicted octanol–water partition coefficient (Wildman–Crippen LogP) is 4.25. The Kier molecular flexibility index (Phi) is 3.57. The summed E-state index contributed by atoms with van der Waals surface area (Å²) in [6.45, 7) is 2.09. The fraction of sp³-hybridized carbons (Fsp3) is 0.333. The van der Waals surface area contributed by atoms with Crippen LogP contribution in [0.2, 0.25) is 5.02 Å². The summed E-state index contributed by atoms with van der Waals surface area (Å²) in [7, 11) is 0. The quantitative estimate of drug-likeness (QED) is 0.896. The Balaban J connectivity index is 1.84. The summed E-state index contributed by atoms with van der Waals surface area (Å²) in [4.78, 5) is 0. The summed E-state index contributed by atoms with van der Waals surface area (Å²) in [5, 5.41) is 0.752. The highest BCUT2D eigenvalue weighted by Gasteiger charge is 2.22. The average Bonchev–Trinajstić information content (AvgIpc) is 2.86. The number of hydrogen-bond donors (Lipinski definition) is 1. The molecule has 0 saturated heterocycles. The molecule has 0 amide bonds. The maximum atomic E-state index is 6.52. The molecule has 3 rings (SSSR count). The Bertz CT molecular complexity index is 614. The van der Waals surface area contributed by atoms with E-state index in [1.165, 1.54) is 36.0 Å². The minimum absolute atomic E-state index is 0.364. The number of aryl methyl sites for hydroxylation is 2. The van der Waals surface area contributed by atoms with Gasteiger partial charge < -0.3 is 5.73 Å². The fourth-order valence-electron chi connectivity index (χ4n) is 3.09. The molecule has 0 fully saturated rings. The lowest BCUT2D eigenvalue weighted by Crippen LogP contribution is -2.35. The summed E-state index contributed by atoms with van der Waals surface area (Å²) in [5.41, 5.74) is 11.6. The molecule has 104 valence electrons. The standard InChI is InChI=1S/C18H20ClN/c1-18(20,16-7-9-17(19)10-8-16)12-13-5-6-14-3-2-4-15(14)11-13/h5-11H,2-4,12,20H2,1H3. The zero-order valence-corrected chi connectivity index (χ0v) is 12.6. The molecule has 1 aliphatic carbocycles. The number of benzene rings is 2. The van der Waals surface area contributed by atoms with Gasteiger partial charge in [-0.3, -0.25) is 0 Å². The van der Waals surface area contributed by atoms with E-state index in [1.807, 2.05) is 24.3 Å². The number of fused-ring (bicyclic) bond motifs is 1. The lowest BCUT2D eigenvalue weighted by molar-refractivity contribution is 0.491. The highest BCUT2D eigenvalue weighted by Crippen LogP contribution is 2.28. The highest BCUT2D eigenvalue weighted by atomic mass is 35.5. The van der Waals surface area contributed by atoms with Gasteiger partial charge in [-0.1, -0.05) is 41.9 Å². The minimum Gasteiger partial charge on any atom is -0.321 e. The molecule has 1 nitrogen and oxygen atoms in total. The van der Waals surface area contributed by atoms with Gasteiger partial charge in [-0.25, -0.2) is 0 Å². The molecule has 0 heterocycles. The van der Waals surface area contributed by atoms with Crippen LogP contribution in [-0.4, -0.2) is 0 Å². The third-order valence-corrected chi connectivity index (χ3v) is 4.49. The zero-order chi connectivity index (χ0) is 14.2. The Labute approximate surface area is 125 Å². The van der Waals surface area contributed by atoms with Crippen LogP contribution in [0.5, 0.6) is 0 Å². The van der Waals surface area contributed by atoms with Crippen LogP contribution in [0.25, 0.3) is 0 Å². The van der Waals surface area contributed by atoms with Crippen molar-refractivity contribution < 1.29 is 0 Å². The third kappa shape index (κ3) is 2.74. The largest absolute Gasteiger partial charge is 0.321 e. The molecule has 1 aliphatic rings. The van der Waals surface area contributed by atoms with Crippen molar-refractivity contribution in [1.82, 2.24) is 0 Å². The van der Waals surface area contributed by atoms with Crippen LogP contribution in [0.4, 0.5) is 0 Å². The summed E-state index contributed by atoms with van der Waals surface area (Å²) in [5.74, 6) is 0. The molecule has 0 spiro atoms. The van der Waals surface area contributed by atoms with Crippen molar-refractivity contribution in [3.05, 3.63) is 69.7 Å². The topological polar surface area (TPSA) is 26.0 Å². The number of hydrogen-bond acceptors (Lipinski definition) is 1. The summed E-state index contributed by atoms with van der Waals surface area (Å²) in [6, 6.07) is 14.7. The van der Waals surface area contributed by atoms with E-state index in [-0.39, 0.29) is 5.54 Å². The van der Waals surface area contributed by atoms with E-state index in [1.54, 1.807) is 0 Å². The van der Waals surface area contributed by atoms with E-state index in [0.29, 0.717) is 0 Å². The van der Waals surface area contributed by atoms with Crippen molar-refractivity contribution in [2.45, 2.75) is 38.1 Å². The molecular formula is C18H20ClN. The van der Waals surface area contributed by atoms with Crippen LogP contribution >= 0.6 is 11.6 Å². The van der Waals surface area contributed by atoms with Crippen molar-refractivity contribution in [3.8, 4) is 0 Å². The van der Waals surface area contributed by atoms with Crippen molar-refractivity contribution in [1.29, 1.82) is 0 Å². The molecule has 0 saturated carbocycles. The average molecular weight is 286 g/mol. The third-order valence-electron chi connectivity index (χ3n) is 4.24. The molecule has 0 aromatic heterocycles. The predicted molar refractivity (Wildman–Crippen MR) is 85.2 cm³/mol. The van der Waals surface area contributed by atoms with E-state index >= 15 is 0 Å². The molecule has 2 heteroatoms. The lowest BCUT2D eigenvalue weighted by Gasteiger charge is -2.26. The maximum absolute atomic E-state index is 6.52. The van der Waals surface area contributed by atoms with Crippen molar-refractivity contribution in [3.63, 3.8) is 0 Å². The van der Waals surface area contributed by atoms with Gasteiger partial charge in [0.05, 0.1) is 0 Å². The summed E-state index contributed by atoms with van der Waals surface area (Å²) in [6.07, 6.45) is 4.58. The molecule has 0 bridgehead atoms. The van der Waals surface area contributed by atoms with E-state index in [2.05, 4.69) is 25.1 Å². The Morgan fingerprint density at radius 1 is 1.05 bits per heavy atom. The normalized spacial score (nSPS) is 16.8.